The van der Waals surface area contributed by atoms with Gasteiger partial charge in [0, 0.05) is 6.04 Å². The molecule has 0 aromatic heterocycles. The first-order chi connectivity index (χ1) is 7.74. The Bertz CT molecular complexity index is 429. The molecule has 17 heavy (non-hydrogen) atoms. The number of hydrogen-bond donors (Lipinski definition) is 2. The SMILES string of the molecule is Cc1cc(C(N)CC(C)(C)C(=O)O)ccc1F. The number of aliphatic carboxylic acids is 1. The summed E-state index contributed by atoms with van der Waals surface area (Å²) in [5, 5.41) is 9.02. The first-order valence-corrected chi connectivity index (χ1v) is 5.49. The van der Waals surface area contributed by atoms with Gasteiger partial charge in [0.1, 0.15) is 5.82 Å². The fourth-order valence-corrected chi connectivity index (χ4v) is 1.65. The predicted molar refractivity (Wildman–Crippen MR) is 64.1 cm³/mol. The van der Waals surface area contributed by atoms with Gasteiger partial charge in [-0.2, -0.15) is 0 Å². The van der Waals surface area contributed by atoms with Crippen LogP contribution in [0, 0.1) is 18.2 Å². The molecule has 0 bridgehead atoms. The molecule has 3 N–H and O–H groups in total. The van der Waals surface area contributed by atoms with Crippen molar-refractivity contribution >= 4 is 5.97 Å². The van der Waals surface area contributed by atoms with Crippen LogP contribution in [0.5, 0.6) is 0 Å². The summed E-state index contributed by atoms with van der Waals surface area (Å²) in [7, 11) is 0. The first-order valence-electron chi connectivity index (χ1n) is 5.49. The zero-order valence-electron chi connectivity index (χ0n) is 10.3. The second-order valence-corrected chi connectivity index (χ2v) is 5.01. The Morgan fingerprint density at radius 3 is 2.59 bits per heavy atom. The van der Waals surface area contributed by atoms with E-state index >= 15 is 0 Å². The zero-order chi connectivity index (χ0) is 13.2. The Kier molecular flexibility index (Phi) is 3.88. The van der Waals surface area contributed by atoms with Crippen molar-refractivity contribution in [3.8, 4) is 0 Å². The molecule has 4 heteroatoms. The van der Waals surface area contributed by atoms with E-state index in [0.29, 0.717) is 12.0 Å². The number of carbonyl (C=O) groups is 1. The molecule has 0 spiro atoms. The molecule has 1 aromatic carbocycles. The lowest BCUT2D eigenvalue weighted by Gasteiger charge is -2.23. The molecule has 0 aliphatic heterocycles. The largest absolute Gasteiger partial charge is 0.481 e. The third-order valence-electron chi connectivity index (χ3n) is 2.92. The number of nitrogens with two attached hydrogens (primary N) is 1. The molecule has 3 nitrogen and oxygen atoms in total. The maximum Gasteiger partial charge on any atom is 0.309 e. The molecular weight excluding hydrogens is 221 g/mol. The molecule has 0 amide bonds. The zero-order valence-corrected chi connectivity index (χ0v) is 10.3. The average Bonchev–Trinajstić information content (AvgIpc) is 2.21. The molecule has 0 saturated carbocycles. The van der Waals surface area contributed by atoms with Crippen molar-refractivity contribution in [1.82, 2.24) is 0 Å². The number of carboxylic acid groups (broad SMARTS) is 1. The van der Waals surface area contributed by atoms with E-state index in [2.05, 4.69) is 0 Å². The van der Waals surface area contributed by atoms with E-state index in [4.69, 9.17) is 10.8 Å². The number of halogens is 1. The molecule has 94 valence electrons. The van der Waals surface area contributed by atoms with Crippen LogP contribution in [-0.4, -0.2) is 11.1 Å². The van der Waals surface area contributed by atoms with Crippen LogP contribution in [0.3, 0.4) is 0 Å². The summed E-state index contributed by atoms with van der Waals surface area (Å²) in [4.78, 5) is 11.0. The van der Waals surface area contributed by atoms with Gasteiger partial charge < -0.3 is 10.8 Å². The first kappa shape index (κ1) is 13.6. The van der Waals surface area contributed by atoms with Crippen molar-refractivity contribution in [2.45, 2.75) is 33.2 Å². The molecule has 1 aromatic rings. The maximum absolute atomic E-state index is 13.1. The van der Waals surface area contributed by atoms with E-state index in [1.165, 1.54) is 6.07 Å². The summed E-state index contributed by atoms with van der Waals surface area (Å²) >= 11 is 0. The average molecular weight is 239 g/mol. The smallest absolute Gasteiger partial charge is 0.309 e. The summed E-state index contributed by atoms with van der Waals surface area (Å²) in [6.45, 7) is 4.92. The van der Waals surface area contributed by atoms with Crippen molar-refractivity contribution in [2.24, 2.45) is 11.1 Å². The molecule has 0 radical (unpaired) electrons. The minimum Gasteiger partial charge on any atom is -0.481 e. The normalized spacial score (nSPS) is 13.5. The lowest BCUT2D eigenvalue weighted by Crippen LogP contribution is -2.28. The Morgan fingerprint density at radius 2 is 2.12 bits per heavy atom. The van der Waals surface area contributed by atoms with Gasteiger partial charge in [0.2, 0.25) is 0 Å². The molecule has 1 rings (SSSR count). The van der Waals surface area contributed by atoms with Crippen molar-refractivity contribution < 1.29 is 14.3 Å². The summed E-state index contributed by atoms with van der Waals surface area (Å²) in [5.41, 5.74) is 6.35. The second-order valence-electron chi connectivity index (χ2n) is 5.01. The Hall–Kier alpha value is -1.42. The van der Waals surface area contributed by atoms with Crippen molar-refractivity contribution in [3.05, 3.63) is 35.1 Å². The summed E-state index contributed by atoms with van der Waals surface area (Å²) in [6.07, 6.45) is 0.313. The molecule has 0 heterocycles. The van der Waals surface area contributed by atoms with Crippen LogP contribution in [0.15, 0.2) is 18.2 Å². The fourth-order valence-electron chi connectivity index (χ4n) is 1.65. The van der Waals surface area contributed by atoms with Gasteiger partial charge in [-0.15, -0.1) is 0 Å². The molecule has 0 aliphatic carbocycles. The van der Waals surface area contributed by atoms with Gasteiger partial charge in [0.15, 0.2) is 0 Å². The van der Waals surface area contributed by atoms with Gasteiger partial charge in [0.05, 0.1) is 5.41 Å². The molecule has 0 fully saturated rings. The maximum atomic E-state index is 13.1. The van der Waals surface area contributed by atoms with Crippen molar-refractivity contribution in [1.29, 1.82) is 0 Å². The van der Waals surface area contributed by atoms with E-state index in [1.54, 1.807) is 32.9 Å². The predicted octanol–water partition coefficient (Wildman–Crippen LogP) is 2.63. The van der Waals surface area contributed by atoms with Crippen LogP contribution in [0.4, 0.5) is 4.39 Å². The number of rotatable bonds is 4. The van der Waals surface area contributed by atoms with Crippen LogP contribution in [0.1, 0.15) is 37.4 Å². The van der Waals surface area contributed by atoms with Crippen LogP contribution < -0.4 is 5.73 Å². The van der Waals surface area contributed by atoms with Crippen LogP contribution >= 0.6 is 0 Å². The van der Waals surface area contributed by atoms with Gasteiger partial charge in [-0.25, -0.2) is 4.39 Å². The standard InChI is InChI=1S/C13H18FNO2/c1-8-6-9(4-5-10(8)14)11(15)7-13(2,3)12(16)17/h4-6,11H,7,15H2,1-3H3,(H,16,17). The number of aryl methyl sites for hydroxylation is 1. The van der Waals surface area contributed by atoms with Gasteiger partial charge in [0.25, 0.3) is 0 Å². The Balaban J connectivity index is 2.87. The Morgan fingerprint density at radius 1 is 1.53 bits per heavy atom. The highest BCUT2D eigenvalue weighted by Gasteiger charge is 2.29. The minimum absolute atomic E-state index is 0.279. The molecular formula is C13H18FNO2. The summed E-state index contributed by atoms with van der Waals surface area (Å²) in [6, 6.07) is 4.22. The van der Waals surface area contributed by atoms with Crippen LogP contribution in [-0.2, 0) is 4.79 Å². The van der Waals surface area contributed by atoms with Crippen LogP contribution in [0.2, 0.25) is 0 Å². The fraction of sp³-hybridized carbons (Fsp3) is 0.462. The van der Waals surface area contributed by atoms with Crippen LogP contribution in [0.25, 0.3) is 0 Å². The molecule has 0 saturated heterocycles. The van der Waals surface area contributed by atoms with E-state index in [0.717, 1.165) is 5.56 Å². The van der Waals surface area contributed by atoms with E-state index in [-0.39, 0.29) is 5.82 Å². The second kappa shape index (κ2) is 4.84. The highest BCUT2D eigenvalue weighted by molar-refractivity contribution is 5.73. The topological polar surface area (TPSA) is 63.3 Å². The van der Waals surface area contributed by atoms with Gasteiger partial charge in [-0.05, 0) is 44.4 Å². The molecule has 1 atom stereocenters. The molecule has 0 aliphatic rings. The van der Waals surface area contributed by atoms with Crippen molar-refractivity contribution in [2.75, 3.05) is 0 Å². The summed E-state index contributed by atoms with van der Waals surface area (Å²) < 4.78 is 13.1. The third kappa shape index (κ3) is 3.27. The van der Waals surface area contributed by atoms with Crippen molar-refractivity contribution in [3.63, 3.8) is 0 Å². The van der Waals surface area contributed by atoms with Gasteiger partial charge in [-0.3, -0.25) is 4.79 Å². The highest BCUT2D eigenvalue weighted by atomic mass is 19.1. The third-order valence-corrected chi connectivity index (χ3v) is 2.92. The Labute approximate surface area is 100 Å². The lowest BCUT2D eigenvalue weighted by molar-refractivity contribution is -0.147. The monoisotopic (exact) mass is 239 g/mol. The summed E-state index contributed by atoms with van der Waals surface area (Å²) in [5.74, 6) is -1.16. The van der Waals surface area contributed by atoms with E-state index in [1.807, 2.05) is 0 Å². The molecule has 1 unspecified atom stereocenters. The number of hydrogen-bond acceptors (Lipinski definition) is 2. The van der Waals surface area contributed by atoms with E-state index in [9.17, 15) is 9.18 Å². The quantitative estimate of drug-likeness (QED) is 0.849. The lowest BCUT2D eigenvalue weighted by atomic mass is 9.84. The number of benzene rings is 1. The van der Waals surface area contributed by atoms with Gasteiger partial charge in [-0.1, -0.05) is 12.1 Å². The van der Waals surface area contributed by atoms with E-state index < -0.39 is 17.4 Å². The van der Waals surface area contributed by atoms with Gasteiger partial charge >= 0.3 is 5.97 Å². The minimum atomic E-state index is -0.887. The number of carboxylic acids is 1. The highest BCUT2D eigenvalue weighted by Crippen LogP contribution is 2.29.